The lowest BCUT2D eigenvalue weighted by Crippen LogP contribution is -2.22. The Morgan fingerprint density at radius 2 is 2.25 bits per heavy atom. The minimum Gasteiger partial charge on any atom is -0.371 e. The van der Waals surface area contributed by atoms with Gasteiger partial charge in [-0.25, -0.2) is 4.39 Å². The Balaban J connectivity index is 2.73. The summed E-state index contributed by atoms with van der Waals surface area (Å²) in [5, 5.41) is 0.0135. The summed E-state index contributed by atoms with van der Waals surface area (Å²) in [7, 11) is 0. The summed E-state index contributed by atoms with van der Waals surface area (Å²) in [6.07, 6.45) is -0.387. The molecule has 0 aromatic heterocycles. The van der Waals surface area contributed by atoms with Crippen LogP contribution in [0.1, 0.15) is 19.4 Å². The second-order valence-corrected chi connectivity index (χ2v) is 3.83. The normalized spacial score (nSPS) is 12.5. The molecule has 0 spiro atoms. The molecule has 88 valence electrons. The van der Waals surface area contributed by atoms with Crippen LogP contribution in [-0.2, 0) is 16.0 Å². The summed E-state index contributed by atoms with van der Waals surface area (Å²) in [5.74, 6) is -0.606. The van der Waals surface area contributed by atoms with E-state index in [0.29, 0.717) is 12.2 Å². The molecule has 0 amide bonds. The minimum absolute atomic E-state index is 0.0135. The molecule has 0 aliphatic carbocycles. The number of Topliss-reactive ketones (excluding diaryl/α,β-unsaturated/α-hetero) is 1. The van der Waals surface area contributed by atoms with Gasteiger partial charge in [0.15, 0.2) is 5.78 Å². The van der Waals surface area contributed by atoms with Gasteiger partial charge in [-0.1, -0.05) is 23.7 Å². The van der Waals surface area contributed by atoms with Crippen LogP contribution in [0.15, 0.2) is 18.2 Å². The first kappa shape index (κ1) is 13.1. The largest absolute Gasteiger partial charge is 0.371 e. The molecular formula is C12H14ClFO2. The highest BCUT2D eigenvalue weighted by Crippen LogP contribution is 2.20. The molecule has 0 saturated heterocycles. The summed E-state index contributed by atoms with van der Waals surface area (Å²) >= 11 is 5.75. The Kier molecular flexibility index (Phi) is 4.90. The van der Waals surface area contributed by atoms with E-state index in [4.69, 9.17) is 16.3 Å². The third-order valence-corrected chi connectivity index (χ3v) is 2.69. The molecular weight excluding hydrogens is 231 g/mol. The number of hydrogen-bond acceptors (Lipinski definition) is 2. The maximum absolute atomic E-state index is 13.1. The van der Waals surface area contributed by atoms with Crippen LogP contribution < -0.4 is 0 Å². The molecule has 0 radical (unpaired) electrons. The van der Waals surface area contributed by atoms with Crippen molar-refractivity contribution in [2.45, 2.75) is 26.4 Å². The molecule has 1 atom stereocenters. The van der Waals surface area contributed by atoms with Gasteiger partial charge in [-0.15, -0.1) is 0 Å². The molecule has 0 N–H and O–H groups in total. The Morgan fingerprint density at radius 1 is 1.56 bits per heavy atom. The molecule has 0 heterocycles. The molecule has 1 unspecified atom stereocenters. The van der Waals surface area contributed by atoms with E-state index in [-0.39, 0.29) is 17.2 Å². The van der Waals surface area contributed by atoms with Crippen molar-refractivity contribution in [3.05, 3.63) is 34.6 Å². The van der Waals surface area contributed by atoms with Crippen LogP contribution in [0.3, 0.4) is 0 Å². The van der Waals surface area contributed by atoms with Crippen LogP contribution in [0, 0.1) is 5.82 Å². The predicted octanol–water partition coefficient (Wildman–Crippen LogP) is 3.02. The molecule has 1 aromatic carbocycles. The van der Waals surface area contributed by atoms with Gasteiger partial charge in [0.2, 0.25) is 0 Å². The molecule has 1 aromatic rings. The summed E-state index contributed by atoms with van der Waals surface area (Å²) in [6, 6.07) is 4.44. The number of ketones is 1. The zero-order valence-electron chi connectivity index (χ0n) is 9.30. The molecule has 2 nitrogen and oxygen atoms in total. The maximum atomic E-state index is 13.1. The molecule has 0 aliphatic rings. The van der Waals surface area contributed by atoms with E-state index in [1.54, 1.807) is 13.0 Å². The van der Waals surface area contributed by atoms with Gasteiger partial charge in [-0.3, -0.25) is 4.79 Å². The van der Waals surface area contributed by atoms with Gasteiger partial charge in [0.1, 0.15) is 11.9 Å². The average molecular weight is 245 g/mol. The van der Waals surface area contributed by atoms with Crippen molar-refractivity contribution in [3.63, 3.8) is 0 Å². The number of carbonyl (C=O) groups excluding carboxylic acids is 1. The number of hydrogen-bond donors (Lipinski definition) is 0. The second kappa shape index (κ2) is 5.97. The van der Waals surface area contributed by atoms with Crippen molar-refractivity contribution in [2.75, 3.05) is 6.61 Å². The van der Waals surface area contributed by atoms with Gasteiger partial charge in [0, 0.05) is 13.0 Å². The Hall–Kier alpha value is -0.930. The first-order valence-corrected chi connectivity index (χ1v) is 5.51. The summed E-state index contributed by atoms with van der Waals surface area (Å²) in [5.41, 5.74) is 0.498. The van der Waals surface area contributed by atoms with Gasteiger partial charge in [-0.05, 0) is 25.5 Å². The first-order valence-electron chi connectivity index (χ1n) is 5.13. The number of halogens is 2. The molecule has 0 aliphatic heterocycles. The zero-order chi connectivity index (χ0) is 12.1. The fraction of sp³-hybridized carbons (Fsp3) is 0.417. The van der Waals surface area contributed by atoms with Crippen LogP contribution in [0.2, 0.25) is 5.02 Å². The van der Waals surface area contributed by atoms with Gasteiger partial charge in [0.25, 0.3) is 0 Å². The predicted molar refractivity (Wildman–Crippen MR) is 61.2 cm³/mol. The lowest BCUT2D eigenvalue weighted by Gasteiger charge is -2.11. The second-order valence-electron chi connectivity index (χ2n) is 3.45. The third kappa shape index (κ3) is 3.29. The van der Waals surface area contributed by atoms with Crippen LogP contribution in [0.25, 0.3) is 0 Å². The van der Waals surface area contributed by atoms with Crippen LogP contribution in [0.4, 0.5) is 4.39 Å². The van der Waals surface area contributed by atoms with Crippen molar-refractivity contribution in [1.82, 2.24) is 0 Å². The van der Waals surface area contributed by atoms with Gasteiger partial charge in [0.05, 0.1) is 5.02 Å². The first-order chi connectivity index (χ1) is 7.56. The van der Waals surface area contributed by atoms with Crippen LogP contribution in [-0.4, -0.2) is 18.5 Å². The zero-order valence-corrected chi connectivity index (χ0v) is 10.1. The van der Waals surface area contributed by atoms with Crippen LogP contribution in [0.5, 0.6) is 0 Å². The van der Waals surface area contributed by atoms with Gasteiger partial charge in [-0.2, -0.15) is 0 Å². The van der Waals surface area contributed by atoms with Crippen molar-refractivity contribution in [3.8, 4) is 0 Å². The van der Waals surface area contributed by atoms with E-state index in [2.05, 4.69) is 0 Å². The van der Waals surface area contributed by atoms with E-state index in [1.807, 2.05) is 6.92 Å². The van der Waals surface area contributed by atoms with Gasteiger partial charge >= 0.3 is 0 Å². The van der Waals surface area contributed by atoms with E-state index in [9.17, 15) is 9.18 Å². The Morgan fingerprint density at radius 3 is 2.88 bits per heavy atom. The van der Waals surface area contributed by atoms with Gasteiger partial charge < -0.3 is 4.74 Å². The third-order valence-electron chi connectivity index (χ3n) is 2.27. The average Bonchev–Trinajstić information content (AvgIpc) is 2.25. The number of rotatable bonds is 5. The van der Waals surface area contributed by atoms with E-state index >= 15 is 0 Å². The topological polar surface area (TPSA) is 26.3 Å². The lowest BCUT2D eigenvalue weighted by atomic mass is 10.1. The molecule has 0 bridgehead atoms. The summed E-state index contributed by atoms with van der Waals surface area (Å²) in [4.78, 5) is 11.7. The molecule has 0 fully saturated rings. The number of benzene rings is 1. The fourth-order valence-corrected chi connectivity index (χ4v) is 1.55. The van der Waals surface area contributed by atoms with Crippen molar-refractivity contribution in [2.24, 2.45) is 0 Å². The smallest absolute Gasteiger partial charge is 0.165 e. The Bertz CT molecular complexity index is 379. The highest BCUT2D eigenvalue weighted by atomic mass is 35.5. The van der Waals surface area contributed by atoms with E-state index < -0.39 is 11.9 Å². The highest BCUT2D eigenvalue weighted by Gasteiger charge is 2.15. The van der Waals surface area contributed by atoms with Crippen molar-refractivity contribution < 1.29 is 13.9 Å². The van der Waals surface area contributed by atoms with Crippen LogP contribution >= 0.6 is 11.6 Å². The molecule has 16 heavy (non-hydrogen) atoms. The summed E-state index contributed by atoms with van der Waals surface area (Å²) in [6.45, 7) is 3.97. The molecule has 1 rings (SSSR count). The van der Waals surface area contributed by atoms with E-state index in [1.165, 1.54) is 12.1 Å². The highest BCUT2D eigenvalue weighted by molar-refractivity contribution is 6.31. The lowest BCUT2D eigenvalue weighted by molar-refractivity contribution is -0.128. The SMILES string of the molecule is CCOC(C)C(=O)Cc1cccc(F)c1Cl. The maximum Gasteiger partial charge on any atom is 0.165 e. The molecule has 4 heteroatoms. The fourth-order valence-electron chi connectivity index (χ4n) is 1.36. The standard InChI is InChI=1S/C12H14ClFO2/c1-3-16-8(2)11(15)7-9-5-4-6-10(14)12(9)13/h4-6,8H,3,7H2,1-2H3. The number of carbonyl (C=O) groups is 1. The van der Waals surface area contributed by atoms with E-state index in [0.717, 1.165) is 0 Å². The van der Waals surface area contributed by atoms with Crippen molar-refractivity contribution >= 4 is 17.4 Å². The quantitative estimate of drug-likeness (QED) is 0.796. The number of ether oxygens (including phenoxy) is 1. The Labute approximate surface area is 99.4 Å². The van der Waals surface area contributed by atoms with Crippen molar-refractivity contribution in [1.29, 1.82) is 0 Å². The minimum atomic E-state index is -0.504. The molecule has 0 saturated carbocycles. The monoisotopic (exact) mass is 244 g/mol. The summed E-state index contributed by atoms with van der Waals surface area (Å²) < 4.78 is 18.3.